The van der Waals surface area contributed by atoms with Crippen LogP contribution in [-0.4, -0.2) is 61.0 Å². The van der Waals surface area contributed by atoms with Crippen molar-refractivity contribution in [3.8, 4) is 0 Å². The number of hydrogen-bond acceptors (Lipinski definition) is 5. The van der Waals surface area contributed by atoms with Gasteiger partial charge in [0.25, 0.3) is 0 Å². The largest absolute Gasteiger partial charge is 0.465 e. The predicted octanol–water partition coefficient (Wildman–Crippen LogP) is 2.65. The summed E-state index contributed by atoms with van der Waals surface area (Å²) in [4.78, 5) is 24.3. The van der Waals surface area contributed by atoms with Crippen LogP contribution in [-0.2, 0) is 14.0 Å². The number of ether oxygens (including phenoxy) is 1. The number of aliphatic hydroxyl groups excluding tert-OH is 1. The van der Waals surface area contributed by atoms with Crippen LogP contribution in [0.1, 0.15) is 40.5 Å². The number of likely N-dealkylation sites (tertiary alicyclic amines) is 1. The van der Waals surface area contributed by atoms with Gasteiger partial charge in [-0.25, -0.2) is 4.79 Å². The Morgan fingerprint density at radius 2 is 1.71 bits per heavy atom. The maximum atomic E-state index is 12.2. The van der Waals surface area contributed by atoms with E-state index in [0.29, 0.717) is 25.9 Å². The number of carbonyl (C=O) groups excluding carboxylic acids is 1. The van der Waals surface area contributed by atoms with Crippen molar-refractivity contribution in [3.05, 3.63) is 0 Å². The number of carbonyl (C=O) groups is 2. The van der Waals surface area contributed by atoms with E-state index < -0.39 is 32.8 Å². The highest BCUT2D eigenvalue weighted by Crippen LogP contribution is 2.37. The summed E-state index contributed by atoms with van der Waals surface area (Å²) in [5.74, 6) is -0.867. The topological polar surface area (TPSA) is 96.3 Å². The van der Waals surface area contributed by atoms with Crippen LogP contribution in [0.2, 0.25) is 18.1 Å². The number of nitrogens with zero attached hydrogens (tertiary/aromatic N) is 1. The molecule has 24 heavy (non-hydrogen) atoms. The van der Waals surface area contributed by atoms with Gasteiger partial charge in [-0.1, -0.05) is 20.8 Å². The van der Waals surface area contributed by atoms with Crippen molar-refractivity contribution in [2.45, 2.75) is 71.1 Å². The average molecular weight is 362 g/mol. The second-order valence-corrected chi connectivity index (χ2v) is 12.7. The van der Waals surface area contributed by atoms with E-state index in [0.717, 1.165) is 0 Å². The number of amides is 1. The number of hydrogen-bond donors (Lipinski definition) is 2. The maximum Gasteiger partial charge on any atom is 0.407 e. The lowest BCUT2D eigenvalue weighted by Gasteiger charge is -2.39. The summed E-state index contributed by atoms with van der Waals surface area (Å²) in [5.41, 5.74) is 0. The van der Waals surface area contributed by atoms with Gasteiger partial charge >= 0.3 is 12.1 Å². The van der Waals surface area contributed by atoms with Crippen molar-refractivity contribution in [2.24, 2.45) is 5.92 Å². The molecule has 1 fully saturated rings. The third kappa shape index (κ3) is 5.46. The molecule has 1 saturated heterocycles. The molecule has 2 N–H and O–H groups in total. The van der Waals surface area contributed by atoms with Gasteiger partial charge in [0, 0.05) is 13.1 Å². The van der Waals surface area contributed by atoms with Crippen molar-refractivity contribution >= 4 is 20.4 Å². The molecule has 1 heterocycles. The van der Waals surface area contributed by atoms with Crippen LogP contribution in [0.25, 0.3) is 0 Å². The summed E-state index contributed by atoms with van der Waals surface area (Å²) in [6, 6.07) is 0. The number of carboxylic acid groups (broad SMARTS) is 1. The Bertz CT molecular complexity index is 454. The Balaban J connectivity index is 2.51. The van der Waals surface area contributed by atoms with E-state index in [1.54, 1.807) is 6.92 Å². The number of aliphatic hydroxyl groups is 1. The summed E-state index contributed by atoms with van der Waals surface area (Å²) < 4.78 is 11.2. The lowest BCUT2D eigenvalue weighted by Crippen LogP contribution is -2.47. The lowest BCUT2D eigenvalue weighted by atomic mass is 9.97. The molecular weight excluding hydrogens is 330 g/mol. The third-order valence-electron chi connectivity index (χ3n) is 5.02. The molecule has 1 aliphatic rings. The fourth-order valence-electron chi connectivity index (χ4n) is 2.32. The number of rotatable bonds is 5. The van der Waals surface area contributed by atoms with Gasteiger partial charge in [-0.15, -0.1) is 0 Å². The van der Waals surface area contributed by atoms with E-state index in [2.05, 4.69) is 33.9 Å². The highest BCUT2D eigenvalue weighted by Gasteiger charge is 2.40. The van der Waals surface area contributed by atoms with Crippen LogP contribution in [0, 0.1) is 5.92 Å². The zero-order valence-electron chi connectivity index (χ0n) is 15.5. The molecule has 1 rings (SSSR count). The van der Waals surface area contributed by atoms with E-state index in [9.17, 15) is 14.7 Å². The lowest BCUT2D eigenvalue weighted by molar-refractivity contribution is -0.188. The molecule has 0 bridgehead atoms. The normalized spacial score (nSPS) is 19.7. The van der Waals surface area contributed by atoms with Gasteiger partial charge in [0.2, 0.25) is 6.29 Å². The first kappa shape index (κ1) is 20.9. The summed E-state index contributed by atoms with van der Waals surface area (Å²) in [6.07, 6.45) is -2.07. The van der Waals surface area contributed by atoms with E-state index in [4.69, 9.17) is 14.3 Å². The van der Waals surface area contributed by atoms with Crippen molar-refractivity contribution < 1.29 is 29.0 Å². The molecule has 2 atom stereocenters. The van der Waals surface area contributed by atoms with Crippen LogP contribution in [0.3, 0.4) is 0 Å². The minimum absolute atomic E-state index is 0.00531. The molecule has 0 aromatic carbocycles. The Kier molecular flexibility index (Phi) is 6.83. The summed E-state index contributed by atoms with van der Waals surface area (Å²) in [7, 11) is -2.07. The van der Waals surface area contributed by atoms with Crippen LogP contribution in [0.15, 0.2) is 0 Å². The molecular formula is C16H31NO6Si. The monoisotopic (exact) mass is 361 g/mol. The van der Waals surface area contributed by atoms with Gasteiger partial charge in [0.1, 0.15) is 6.10 Å². The molecule has 0 aliphatic carbocycles. The molecule has 0 radical (unpaired) electrons. The summed E-state index contributed by atoms with van der Waals surface area (Å²) in [6.45, 7) is 12.7. The van der Waals surface area contributed by atoms with Crippen molar-refractivity contribution in [2.75, 3.05) is 13.1 Å². The van der Waals surface area contributed by atoms with Crippen LogP contribution >= 0.6 is 0 Å². The number of esters is 1. The van der Waals surface area contributed by atoms with E-state index >= 15 is 0 Å². The highest BCUT2D eigenvalue weighted by atomic mass is 28.4. The first-order chi connectivity index (χ1) is 10.8. The zero-order valence-corrected chi connectivity index (χ0v) is 16.5. The van der Waals surface area contributed by atoms with Crippen molar-refractivity contribution in [3.63, 3.8) is 0 Å². The van der Waals surface area contributed by atoms with Crippen molar-refractivity contribution in [1.29, 1.82) is 0 Å². The zero-order chi connectivity index (χ0) is 18.7. The van der Waals surface area contributed by atoms with Crippen LogP contribution in [0.5, 0.6) is 0 Å². The predicted molar refractivity (Wildman–Crippen MR) is 92.2 cm³/mol. The first-order valence-corrected chi connectivity index (χ1v) is 11.3. The second-order valence-electron chi connectivity index (χ2n) is 7.95. The van der Waals surface area contributed by atoms with E-state index in [1.165, 1.54) is 4.90 Å². The Morgan fingerprint density at radius 3 is 2.12 bits per heavy atom. The highest BCUT2D eigenvalue weighted by molar-refractivity contribution is 6.74. The molecule has 1 amide bonds. The number of piperidine rings is 1. The van der Waals surface area contributed by atoms with Gasteiger partial charge < -0.3 is 24.3 Å². The molecule has 0 saturated carbocycles. The van der Waals surface area contributed by atoms with Gasteiger partial charge in [-0.05, 0) is 37.9 Å². The molecule has 8 heteroatoms. The molecule has 0 aromatic rings. The second kappa shape index (κ2) is 7.84. The Morgan fingerprint density at radius 1 is 1.21 bits per heavy atom. The molecule has 0 spiro atoms. The SMILES string of the molecule is C[C@H](O[Si](C)(C)C(C)(C)C)C(O)OC(=O)C1CCN(C(=O)O)CC1. The van der Waals surface area contributed by atoms with Gasteiger partial charge in [-0.3, -0.25) is 4.79 Å². The fourth-order valence-corrected chi connectivity index (χ4v) is 3.72. The average Bonchev–Trinajstić information content (AvgIpc) is 2.45. The first-order valence-electron chi connectivity index (χ1n) is 8.39. The summed E-state index contributed by atoms with van der Waals surface area (Å²) in [5, 5.41) is 19.0. The van der Waals surface area contributed by atoms with Crippen LogP contribution < -0.4 is 0 Å². The quantitative estimate of drug-likeness (QED) is 0.444. The van der Waals surface area contributed by atoms with E-state index in [-0.39, 0.29) is 11.0 Å². The maximum absolute atomic E-state index is 12.2. The van der Waals surface area contributed by atoms with Gasteiger partial charge in [0.05, 0.1) is 5.92 Å². The summed E-state index contributed by atoms with van der Waals surface area (Å²) >= 11 is 0. The molecule has 0 aromatic heterocycles. The third-order valence-corrected chi connectivity index (χ3v) is 9.60. The van der Waals surface area contributed by atoms with Gasteiger partial charge in [0.15, 0.2) is 8.32 Å². The van der Waals surface area contributed by atoms with Crippen LogP contribution in [0.4, 0.5) is 4.79 Å². The molecule has 7 nitrogen and oxygen atoms in total. The molecule has 1 unspecified atom stereocenters. The van der Waals surface area contributed by atoms with E-state index in [1.807, 2.05) is 0 Å². The minimum atomic E-state index is -2.07. The molecule has 1 aliphatic heterocycles. The van der Waals surface area contributed by atoms with Crippen molar-refractivity contribution in [1.82, 2.24) is 4.90 Å². The fraction of sp³-hybridized carbons (Fsp3) is 0.875. The minimum Gasteiger partial charge on any atom is -0.465 e. The Labute approximate surface area is 145 Å². The van der Waals surface area contributed by atoms with Gasteiger partial charge in [-0.2, -0.15) is 0 Å². The Hall–Kier alpha value is -1.12. The molecule has 140 valence electrons. The smallest absolute Gasteiger partial charge is 0.407 e. The standard InChI is InChI=1S/C16H31NO6Si/c1-11(23-24(5,6)16(2,3)4)13(18)22-14(19)12-7-9-17(10-8-12)15(20)21/h11-13,18H,7-10H2,1-6H3,(H,20,21)/t11-,13?/m0/s1.